The van der Waals surface area contributed by atoms with Crippen LogP contribution in [0.1, 0.15) is 21.6 Å². The lowest BCUT2D eigenvalue weighted by Gasteiger charge is -2.21. The fraction of sp³-hybridized carbons (Fsp3) is 0.147. The second-order valence-electron chi connectivity index (χ2n) is 10.3. The Morgan fingerprint density at radius 1 is 0.891 bits per heavy atom. The third kappa shape index (κ3) is 7.36. The van der Waals surface area contributed by atoms with Gasteiger partial charge in [-0.1, -0.05) is 47.5 Å². The molecule has 0 aliphatic heterocycles. The van der Waals surface area contributed by atoms with Gasteiger partial charge in [-0.15, -0.1) is 0 Å². The van der Waals surface area contributed by atoms with Gasteiger partial charge in [0.2, 0.25) is 5.91 Å². The van der Waals surface area contributed by atoms with Gasteiger partial charge in [0.1, 0.15) is 17.9 Å². The summed E-state index contributed by atoms with van der Waals surface area (Å²) in [5.74, 6) is -0.113. The molecular weight excluding hydrogens is 627 g/mol. The molecule has 0 fully saturated rings. The van der Waals surface area contributed by atoms with E-state index in [0.717, 1.165) is 16.6 Å². The summed E-state index contributed by atoms with van der Waals surface area (Å²) in [6.45, 7) is 1.63. The van der Waals surface area contributed by atoms with Crippen LogP contribution in [0.25, 0.3) is 10.9 Å². The average Bonchev–Trinajstić information content (AvgIpc) is 3.06. The van der Waals surface area contributed by atoms with Gasteiger partial charge in [0.25, 0.3) is 5.91 Å². The monoisotopic (exact) mass is 656 g/mol. The number of carbonyl (C=O) groups is 3. The third-order valence-corrected chi connectivity index (χ3v) is 7.99. The van der Waals surface area contributed by atoms with Crippen LogP contribution in [0.5, 0.6) is 5.75 Å². The van der Waals surface area contributed by atoms with Crippen molar-refractivity contribution in [2.24, 2.45) is 0 Å². The summed E-state index contributed by atoms with van der Waals surface area (Å²) in [6, 6.07) is 22.1. The molecule has 0 aliphatic rings. The van der Waals surface area contributed by atoms with Crippen LogP contribution in [0.2, 0.25) is 10.0 Å². The van der Waals surface area contributed by atoms with Crippen molar-refractivity contribution in [3.05, 3.63) is 118 Å². The predicted molar refractivity (Wildman–Crippen MR) is 181 cm³/mol. The van der Waals surface area contributed by atoms with Crippen molar-refractivity contribution in [1.82, 2.24) is 15.3 Å². The van der Waals surface area contributed by atoms with Crippen LogP contribution >= 0.6 is 23.2 Å². The van der Waals surface area contributed by atoms with Crippen molar-refractivity contribution in [1.29, 1.82) is 0 Å². The molecule has 2 heterocycles. The van der Waals surface area contributed by atoms with Crippen molar-refractivity contribution in [3.63, 3.8) is 0 Å². The van der Waals surface area contributed by atoms with Crippen LogP contribution in [0.4, 0.5) is 21.9 Å². The Hall–Kier alpha value is -5.19. The standard InChI is InChI=1S/C34H30Cl2N6O4/c1-21-10-11-22-6-5-9-29(32(22)39-21)46-20-26-27(35)12-13-28(31(26)36)42(3)30(43)19-38-34(45)40-24-8-4-7-23(18-24)33(44)41(2)25-14-16-37-17-15-25/h4-18H,19-20H2,1-3H3,(H2,38,40,45). The molecule has 4 amide bonds. The number of hydrogen-bond acceptors (Lipinski definition) is 6. The SMILES string of the molecule is Cc1ccc2cccc(OCc3c(Cl)ccc(N(C)C(=O)CNC(=O)Nc4cccc(C(=O)N(C)c5ccncc5)c4)c3Cl)c2n1. The van der Waals surface area contributed by atoms with E-state index in [1.807, 2.05) is 37.3 Å². The van der Waals surface area contributed by atoms with Crippen LogP contribution in [-0.4, -0.2) is 48.5 Å². The molecule has 0 atom stereocenters. The Bertz CT molecular complexity index is 1920. The van der Waals surface area contributed by atoms with Crippen molar-refractivity contribution >= 4 is 69.0 Å². The lowest BCUT2D eigenvalue weighted by atomic mass is 10.1. The van der Waals surface area contributed by atoms with E-state index in [0.29, 0.717) is 39.0 Å². The molecule has 234 valence electrons. The number of fused-ring (bicyclic) bond motifs is 1. The van der Waals surface area contributed by atoms with Crippen molar-refractivity contribution in [2.45, 2.75) is 13.5 Å². The highest BCUT2D eigenvalue weighted by molar-refractivity contribution is 6.38. The summed E-state index contributed by atoms with van der Waals surface area (Å²) in [5, 5.41) is 6.77. The van der Waals surface area contributed by atoms with Gasteiger partial charge in [0.15, 0.2) is 0 Å². The number of pyridine rings is 2. The maximum Gasteiger partial charge on any atom is 0.319 e. The Balaban J connectivity index is 1.20. The molecule has 0 saturated carbocycles. The van der Waals surface area contributed by atoms with E-state index in [-0.39, 0.29) is 24.1 Å². The molecule has 0 aliphatic carbocycles. The number of anilines is 3. The Labute approximate surface area is 275 Å². The number of likely N-dealkylation sites (N-methyl/N-ethyl adjacent to an activating group) is 1. The van der Waals surface area contributed by atoms with Crippen LogP contribution in [0, 0.1) is 6.92 Å². The quantitative estimate of drug-likeness (QED) is 0.179. The number of nitrogens with one attached hydrogen (secondary N) is 2. The highest BCUT2D eigenvalue weighted by Gasteiger charge is 2.20. The van der Waals surface area contributed by atoms with Crippen LogP contribution in [0.15, 0.2) is 91.3 Å². The first kappa shape index (κ1) is 32.2. The normalized spacial score (nSPS) is 10.7. The molecule has 5 aromatic rings. The molecule has 46 heavy (non-hydrogen) atoms. The van der Waals surface area contributed by atoms with E-state index >= 15 is 0 Å². The maximum absolute atomic E-state index is 13.1. The summed E-state index contributed by atoms with van der Waals surface area (Å²) in [6.07, 6.45) is 3.20. The number of halogens is 2. The number of para-hydroxylation sites is 1. The highest BCUT2D eigenvalue weighted by atomic mass is 35.5. The van der Waals surface area contributed by atoms with Crippen LogP contribution in [0.3, 0.4) is 0 Å². The van der Waals surface area contributed by atoms with Gasteiger partial charge in [-0.05, 0) is 61.5 Å². The summed E-state index contributed by atoms with van der Waals surface area (Å²) in [5.41, 5.74) is 3.91. The second kappa shape index (κ2) is 14.3. The smallest absolute Gasteiger partial charge is 0.319 e. The Morgan fingerprint density at radius 3 is 2.43 bits per heavy atom. The van der Waals surface area contributed by atoms with Crippen LogP contribution in [-0.2, 0) is 11.4 Å². The van der Waals surface area contributed by atoms with Gasteiger partial charge in [0.05, 0.1) is 17.3 Å². The molecule has 2 N–H and O–H groups in total. The first-order valence-corrected chi connectivity index (χ1v) is 14.9. The molecule has 0 saturated heterocycles. The largest absolute Gasteiger partial charge is 0.487 e. The number of ether oxygens (including phenoxy) is 1. The molecule has 12 heteroatoms. The Morgan fingerprint density at radius 2 is 1.65 bits per heavy atom. The van der Waals surface area contributed by atoms with Gasteiger partial charge in [-0.25, -0.2) is 9.78 Å². The van der Waals surface area contributed by atoms with Gasteiger partial charge < -0.3 is 25.2 Å². The topological polar surface area (TPSA) is 117 Å². The number of nitrogens with zero attached hydrogens (tertiary/aromatic N) is 4. The average molecular weight is 658 g/mol. The van der Waals surface area contributed by atoms with E-state index in [1.54, 1.807) is 75.0 Å². The van der Waals surface area contributed by atoms with E-state index in [4.69, 9.17) is 27.9 Å². The van der Waals surface area contributed by atoms with Crippen molar-refractivity contribution in [2.75, 3.05) is 35.8 Å². The van der Waals surface area contributed by atoms with E-state index in [9.17, 15) is 14.4 Å². The minimum absolute atomic E-state index is 0.0445. The lowest BCUT2D eigenvalue weighted by Crippen LogP contribution is -2.40. The Kier molecular flexibility index (Phi) is 10.00. The van der Waals surface area contributed by atoms with Gasteiger partial charge in [-0.3, -0.25) is 14.6 Å². The van der Waals surface area contributed by atoms with E-state index in [2.05, 4.69) is 20.6 Å². The molecule has 2 aromatic heterocycles. The summed E-state index contributed by atoms with van der Waals surface area (Å²) >= 11 is 13.2. The third-order valence-electron chi connectivity index (χ3n) is 7.22. The maximum atomic E-state index is 13.1. The zero-order chi connectivity index (χ0) is 32.8. The summed E-state index contributed by atoms with van der Waals surface area (Å²) in [7, 11) is 3.20. The number of hydrogen-bond donors (Lipinski definition) is 2. The van der Waals surface area contributed by atoms with Gasteiger partial charge >= 0.3 is 6.03 Å². The van der Waals surface area contributed by atoms with E-state index < -0.39 is 11.9 Å². The fourth-order valence-electron chi connectivity index (χ4n) is 4.65. The summed E-state index contributed by atoms with van der Waals surface area (Å²) in [4.78, 5) is 50.0. The molecule has 10 nitrogen and oxygen atoms in total. The minimum Gasteiger partial charge on any atom is -0.487 e. The molecule has 5 rings (SSSR count). The van der Waals surface area contributed by atoms with Crippen molar-refractivity contribution in [3.8, 4) is 5.75 Å². The zero-order valence-corrected chi connectivity index (χ0v) is 26.8. The van der Waals surface area contributed by atoms with Crippen molar-refractivity contribution < 1.29 is 19.1 Å². The molecule has 0 radical (unpaired) electrons. The van der Waals surface area contributed by atoms with Gasteiger partial charge in [-0.2, -0.15) is 0 Å². The molecule has 0 unspecified atom stereocenters. The fourth-order valence-corrected chi connectivity index (χ4v) is 5.26. The number of rotatable bonds is 9. The van der Waals surface area contributed by atoms with E-state index in [1.165, 1.54) is 9.80 Å². The molecule has 0 spiro atoms. The number of aromatic nitrogens is 2. The minimum atomic E-state index is -0.621. The zero-order valence-electron chi connectivity index (χ0n) is 25.3. The first-order chi connectivity index (χ1) is 22.1. The van der Waals surface area contributed by atoms with Gasteiger partial charge in [0, 0.05) is 65.1 Å². The first-order valence-electron chi connectivity index (χ1n) is 14.2. The number of aryl methyl sites for hydroxylation is 1. The highest BCUT2D eigenvalue weighted by Crippen LogP contribution is 2.35. The number of amides is 4. The van der Waals surface area contributed by atoms with Crippen LogP contribution < -0.4 is 25.2 Å². The predicted octanol–water partition coefficient (Wildman–Crippen LogP) is 6.89. The molecular formula is C34H30Cl2N6O4. The molecule has 0 bridgehead atoms. The second-order valence-corrected chi connectivity index (χ2v) is 11.1. The number of benzene rings is 3. The lowest BCUT2D eigenvalue weighted by molar-refractivity contribution is -0.117. The number of urea groups is 1. The number of carbonyl (C=O) groups excluding carboxylic acids is 3. The summed E-state index contributed by atoms with van der Waals surface area (Å²) < 4.78 is 6.09. The molecule has 3 aromatic carbocycles.